The zero-order valence-electron chi connectivity index (χ0n) is 10.7. The summed E-state index contributed by atoms with van der Waals surface area (Å²) in [6.07, 6.45) is 0. The van der Waals surface area contributed by atoms with E-state index in [9.17, 15) is 0 Å². The number of nitrogens with two attached hydrogens (primary N) is 1. The summed E-state index contributed by atoms with van der Waals surface area (Å²) in [5.74, 6) is 0. The van der Waals surface area contributed by atoms with E-state index in [1.165, 1.54) is 10.9 Å². The van der Waals surface area contributed by atoms with Crippen molar-refractivity contribution in [3.63, 3.8) is 0 Å². The number of aromatic nitrogens is 2. The van der Waals surface area contributed by atoms with Crippen LogP contribution in [0.3, 0.4) is 0 Å². The fraction of sp³-hybridized carbons (Fsp3) is 0.462. The molecule has 0 fully saturated rings. The topological polar surface area (TPSA) is 47.1 Å². The van der Waals surface area contributed by atoms with Crippen molar-refractivity contribution < 1.29 is 0 Å². The van der Waals surface area contributed by atoms with Crippen LogP contribution in [-0.2, 0) is 13.6 Å². The lowest BCUT2D eigenvalue weighted by Gasteiger charge is -2.22. The van der Waals surface area contributed by atoms with E-state index in [0.717, 1.165) is 12.2 Å². The molecule has 1 aromatic carbocycles. The molecule has 1 heterocycles. The number of hydrogen-bond acceptors (Lipinski definition) is 3. The maximum absolute atomic E-state index is 5.68. The van der Waals surface area contributed by atoms with Crippen LogP contribution >= 0.6 is 0 Å². The van der Waals surface area contributed by atoms with E-state index in [4.69, 9.17) is 5.73 Å². The number of benzene rings is 1. The van der Waals surface area contributed by atoms with Crippen LogP contribution in [0.1, 0.15) is 12.6 Å². The second-order valence-corrected chi connectivity index (χ2v) is 4.59. The molecular formula is C13H20N4. The maximum Gasteiger partial charge on any atom is 0.0843 e. The van der Waals surface area contributed by atoms with Gasteiger partial charge in [0.25, 0.3) is 0 Å². The molecule has 4 heteroatoms. The van der Waals surface area contributed by atoms with Gasteiger partial charge in [0, 0.05) is 31.6 Å². The molecule has 1 unspecified atom stereocenters. The number of para-hydroxylation sites is 1. The van der Waals surface area contributed by atoms with E-state index >= 15 is 0 Å². The van der Waals surface area contributed by atoms with Crippen molar-refractivity contribution in [2.24, 2.45) is 12.8 Å². The van der Waals surface area contributed by atoms with Crippen molar-refractivity contribution in [2.45, 2.75) is 19.5 Å². The van der Waals surface area contributed by atoms with Crippen LogP contribution in [-0.4, -0.2) is 34.3 Å². The van der Waals surface area contributed by atoms with Gasteiger partial charge in [0.1, 0.15) is 0 Å². The Labute approximate surface area is 102 Å². The highest BCUT2D eigenvalue weighted by Crippen LogP contribution is 2.18. The molecule has 0 aliphatic carbocycles. The highest BCUT2D eigenvalue weighted by molar-refractivity contribution is 5.81. The first-order valence-electron chi connectivity index (χ1n) is 5.94. The molecule has 0 bridgehead atoms. The van der Waals surface area contributed by atoms with Crippen LogP contribution in [0.4, 0.5) is 0 Å². The van der Waals surface area contributed by atoms with Gasteiger partial charge in [0.05, 0.1) is 11.2 Å². The van der Waals surface area contributed by atoms with Gasteiger partial charge in [-0.15, -0.1) is 0 Å². The van der Waals surface area contributed by atoms with E-state index in [2.05, 4.69) is 42.2 Å². The minimum absolute atomic E-state index is 0.371. The first kappa shape index (κ1) is 12.1. The van der Waals surface area contributed by atoms with E-state index in [-0.39, 0.29) is 0 Å². The lowest BCUT2D eigenvalue weighted by molar-refractivity contribution is 0.252. The van der Waals surface area contributed by atoms with Gasteiger partial charge in [0.15, 0.2) is 0 Å². The highest BCUT2D eigenvalue weighted by Gasteiger charge is 2.13. The Hall–Kier alpha value is -1.39. The van der Waals surface area contributed by atoms with Gasteiger partial charge in [-0.3, -0.25) is 9.58 Å². The largest absolute Gasteiger partial charge is 0.329 e. The number of nitrogens with zero attached hydrogens (tertiary/aromatic N) is 3. The zero-order valence-corrected chi connectivity index (χ0v) is 10.7. The molecule has 2 rings (SSSR count). The third-order valence-electron chi connectivity index (χ3n) is 3.33. The summed E-state index contributed by atoms with van der Waals surface area (Å²) in [4.78, 5) is 2.23. The normalized spacial score (nSPS) is 13.5. The predicted octanol–water partition coefficient (Wildman–Crippen LogP) is 1.35. The fourth-order valence-corrected chi connectivity index (χ4v) is 1.98. The second kappa shape index (κ2) is 4.85. The molecule has 2 N–H and O–H groups in total. The van der Waals surface area contributed by atoms with E-state index in [1.54, 1.807) is 0 Å². The number of aryl methyl sites for hydroxylation is 1. The Morgan fingerprint density at radius 2 is 2.12 bits per heavy atom. The molecule has 4 nitrogen and oxygen atoms in total. The molecule has 0 spiro atoms. The Morgan fingerprint density at radius 1 is 1.41 bits per heavy atom. The molecule has 17 heavy (non-hydrogen) atoms. The van der Waals surface area contributed by atoms with Gasteiger partial charge < -0.3 is 5.73 Å². The average molecular weight is 232 g/mol. The summed E-state index contributed by atoms with van der Waals surface area (Å²) in [7, 11) is 4.07. The molecule has 2 aromatic rings. The molecule has 0 amide bonds. The van der Waals surface area contributed by atoms with Crippen molar-refractivity contribution in [2.75, 3.05) is 13.6 Å². The molecule has 1 aromatic heterocycles. The summed E-state index contributed by atoms with van der Waals surface area (Å²) in [5, 5.41) is 5.81. The Morgan fingerprint density at radius 3 is 2.82 bits per heavy atom. The standard InChI is InChI=1S/C13H20N4/c1-10(8-14)16(2)9-12-11-6-4-5-7-13(11)17(3)15-12/h4-7,10H,8-9,14H2,1-3H3. The van der Waals surface area contributed by atoms with Gasteiger partial charge in [-0.25, -0.2) is 0 Å². The second-order valence-electron chi connectivity index (χ2n) is 4.59. The third-order valence-corrected chi connectivity index (χ3v) is 3.33. The first-order valence-corrected chi connectivity index (χ1v) is 5.94. The molecule has 0 radical (unpaired) electrons. The van der Waals surface area contributed by atoms with Crippen LogP contribution in [0.5, 0.6) is 0 Å². The van der Waals surface area contributed by atoms with Crippen LogP contribution in [0.2, 0.25) is 0 Å². The highest BCUT2D eigenvalue weighted by atomic mass is 15.3. The average Bonchev–Trinajstić information content (AvgIpc) is 2.66. The lowest BCUT2D eigenvalue weighted by atomic mass is 10.2. The van der Waals surface area contributed by atoms with Crippen LogP contribution in [0, 0.1) is 0 Å². The van der Waals surface area contributed by atoms with Crippen molar-refractivity contribution >= 4 is 10.9 Å². The Kier molecular flexibility index (Phi) is 3.45. The Bertz CT molecular complexity index is 503. The molecule has 0 aliphatic heterocycles. The van der Waals surface area contributed by atoms with Gasteiger partial charge in [0.2, 0.25) is 0 Å². The smallest absolute Gasteiger partial charge is 0.0843 e. The van der Waals surface area contributed by atoms with E-state index < -0.39 is 0 Å². The van der Waals surface area contributed by atoms with Crippen molar-refractivity contribution in [1.82, 2.24) is 14.7 Å². The van der Waals surface area contributed by atoms with Crippen molar-refractivity contribution in [3.8, 4) is 0 Å². The first-order chi connectivity index (χ1) is 8.13. The predicted molar refractivity (Wildman–Crippen MR) is 70.7 cm³/mol. The summed E-state index contributed by atoms with van der Waals surface area (Å²) in [6.45, 7) is 3.63. The van der Waals surface area contributed by atoms with Gasteiger partial charge in [-0.1, -0.05) is 18.2 Å². The van der Waals surface area contributed by atoms with E-state index in [0.29, 0.717) is 12.6 Å². The number of hydrogen-bond donors (Lipinski definition) is 1. The summed E-state index contributed by atoms with van der Waals surface area (Å²) in [5.41, 5.74) is 7.97. The van der Waals surface area contributed by atoms with Crippen LogP contribution in [0.25, 0.3) is 10.9 Å². The lowest BCUT2D eigenvalue weighted by Crippen LogP contribution is -2.34. The Balaban J connectivity index is 2.30. The summed E-state index contributed by atoms with van der Waals surface area (Å²) < 4.78 is 1.94. The van der Waals surface area contributed by atoms with Crippen molar-refractivity contribution in [1.29, 1.82) is 0 Å². The molecule has 1 atom stereocenters. The minimum atomic E-state index is 0.371. The number of rotatable bonds is 4. The minimum Gasteiger partial charge on any atom is -0.329 e. The number of fused-ring (bicyclic) bond motifs is 1. The van der Waals surface area contributed by atoms with Gasteiger partial charge in [-0.2, -0.15) is 5.10 Å². The van der Waals surface area contributed by atoms with E-state index in [1.807, 2.05) is 17.8 Å². The summed E-state index contributed by atoms with van der Waals surface area (Å²) >= 11 is 0. The van der Waals surface area contributed by atoms with Crippen LogP contribution in [0.15, 0.2) is 24.3 Å². The maximum atomic E-state index is 5.68. The SMILES string of the molecule is CC(CN)N(C)Cc1nn(C)c2ccccc12. The monoisotopic (exact) mass is 232 g/mol. The zero-order chi connectivity index (χ0) is 12.4. The third kappa shape index (κ3) is 2.33. The van der Waals surface area contributed by atoms with Crippen molar-refractivity contribution in [3.05, 3.63) is 30.0 Å². The molecule has 0 aliphatic rings. The molecule has 0 saturated heterocycles. The number of likely N-dealkylation sites (N-methyl/N-ethyl adjacent to an activating group) is 1. The quantitative estimate of drug-likeness (QED) is 0.865. The van der Waals surface area contributed by atoms with Crippen LogP contribution < -0.4 is 5.73 Å². The molecule has 92 valence electrons. The molecule has 0 saturated carbocycles. The summed E-state index contributed by atoms with van der Waals surface area (Å²) in [6, 6.07) is 8.69. The van der Waals surface area contributed by atoms with Gasteiger partial charge in [-0.05, 0) is 20.0 Å². The van der Waals surface area contributed by atoms with Gasteiger partial charge >= 0.3 is 0 Å². The molecular weight excluding hydrogens is 212 g/mol. The fourth-order valence-electron chi connectivity index (χ4n) is 1.98.